The van der Waals surface area contributed by atoms with Gasteiger partial charge in [-0.1, -0.05) is 6.07 Å². The van der Waals surface area contributed by atoms with Gasteiger partial charge in [0.1, 0.15) is 11.3 Å². The number of carboxylic acids is 1. The van der Waals surface area contributed by atoms with Crippen molar-refractivity contribution in [3.05, 3.63) is 45.8 Å². The molecule has 0 saturated carbocycles. The topological polar surface area (TPSA) is 67.5 Å². The number of hydrogen-bond donors (Lipinski definition) is 1. The fourth-order valence-electron chi connectivity index (χ4n) is 1.61. The molecule has 1 heterocycles. The van der Waals surface area contributed by atoms with Crippen LogP contribution in [0.5, 0.6) is 0 Å². The minimum atomic E-state index is -0.921. The van der Waals surface area contributed by atoms with Crippen LogP contribution in [0.15, 0.2) is 33.5 Å². The normalized spacial score (nSPS) is 10.6. The van der Waals surface area contributed by atoms with Gasteiger partial charge in [0.2, 0.25) is 0 Å². The lowest BCUT2D eigenvalue weighted by molar-refractivity contribution is -0.136. The number of fused-ring (bicyclic) bond motifs is 1. The van der Waals surface area contributed by atoms with Crippen molar-refractivity contribution >= 4 is 16.9 Å². The van der Waals surface area contributed by atoms with Gasteiger partial charge in [-0.25, -0.2) is 0 Å². The van der Waals surface area contributed by atoms with Crippen LogP contribution in [0.4, 0.5) is 0 Å². The van der Waals surface area contributed by atoms with Gasteiger partial charge in [0, 0.05) is 6.07 Å². The van der Waals surface area contributed by atoms with E-state index in [1.807, 2.05) is 0 Å². The molecule has 2 aromatic rings. The maximum absolute atomic E-state index is 11.6. The highest BCUT2D eigenvalue weighted by molar-refractivity contribution is 5.79. The Morgan fingerprint density at radius 2 is 2.12 bits per heavy atom. The Morgan fingerprint density at radius 1 is 1.38 bits per heavy atom. The SMILES string of the molecule is Cc1cc(=O)c2cc(CC(=O)O)ccc2o1. The molecule has 1 aromatic heterocycles. The molecule has 82 valence electrons. The Morgan fingerprint density at radius 3 is 2.81 bits per heavy atom. The molecule has 0 saturated heterocycles. The third kappa shape index (κ3) is 1.95. The van der Waals surface area contributed by atoms with Crippen LogP contribution in [0.3, 0.4) is 0 Å². The molecule has 0 bridgehead atoms. The van der Waals surface area contributed by atoms with Crippen molar-refractivity contribution in [2.75, 3.05) is 0 Å². The number of carboxylic acid groups (broad SMARTS) is 1. The third-order valence-corrected chi connectivity index (χ3v) is 2.27. The lowest BCUT2D eigenvalue weighted by Gasteiger charge is -2.01. The van der Waals surface area contributed by atoms with E-state index in [4.69, 9.17) is 9.52 Å². The van der Waals surface area contributed by atoms with Gasteiger partial charge in [0.15, 0.2) is 5.43 Å². The van der Waals surface area contributed by atoms with E-state index in [1.165, 1.54) is 6.07 Å². The highest BCUT2D eigenvalue weighted by Gasteiger charge is 2.05. The summed E-state index contributed by atoms with van der Waals surface area (Å²) in [6, 6.07) is 6.24. The molecule has 16 heavy (non-hydrogen) atoms. The van der Waals surface area contributed by atoms with E-state index >= 15 is 0 Å². The summed E-state index contributed by atoms with van der Waals surface area (Å²) >= 11 is 0. The van der Waals surface area contributed by atoms with Gasteiger partial charge in [0.25, 0.3) is 0 Å². The average Bonchev–Trinajstić information content (AvgIpc) is 2.18. The van der Waals surface area contributed by atoms with Crippen molar-refractivity contribution in [1.29, 1.82) is 0 Å². The second-order valence-corrected chi connectivity index (χ2v) is 3.62. The van der Waals surface area contributed by atoms with Crippen LogP contribution in [0.2, 0.25) is 0 Å². The first kappa shape index (κ1) is 10.4. The quantitative estimate of drug-likeness (QED) is 0.833. The zero-order chi connectivity index (χ0) is 11.7. The van der Waals surface area contributed by atoms with Crippen molar-refractivity contribution in [2.24, 2.45) is 0 Å². The Balaban J connectivity index is 2.62. The molecular weight excluding hydrogens is 208 g/mol. The Bertz CT molecular complexity index is 610. The van der Waals surface area contributed by atoms with Crippen molar-refractivity contribution in [2.45, 2.75) is 13.3 Å². The van der Waals surface area contributed by atoms with E-state index in [1.54, 1.807) is 25.1 Å². The molecule has 0 aliphatic carbocycles. The molecule has 0 atom stereocenters. The molecule has 0 spiro atoms. The highest BCUT2D eigenvalue weighted by Crippen LogP contribution is 2.14. The molecule has 0 radical (unpaired) electrons. The van der Waals surface area contributed by atoms with Gasteiger partial charge >= 0.3 is 5.97 Å². The summed E-state index contributed by atoms with van der Waals surface area (Å²) in [5, 5.41) is 9.07. The van der Waals surface area contributed by atoms with E-state index in [2.05, 4.69) is 0 Å². The standard InChI is InChI=1S/C12H10O4/c1-7-4-10(13)9-5-8(6-12(14)15)2-3-11(9)16-7/h2-5H,6H2,1H3,(H,14,15). The first-order valence-corrected chi connectivity index (χ1v) is 4.81. The van der Waals surface area contributed by atoms with E-state index in [0.717, 1.165) is 0 Å². The van der Waals surface area contributed by atoms with Crippen molar-refractivity contribution in [3.8, 4) is 0 Å². The molecule has 2 rings (SSSR count). The van der Waals surface area contributed by atoms with Crippen molar-refractivity contribution in [3.63, 3.8) is 0 Å². The second kappa shape index (κ2) is 3.81. The molecule has 0 amide bonds. The van der Waals surface area contributed by atoms with E-state index in [0.29, 0.717) is 22.3 Å². The molecule has 4 nitrogen and oxygen atoms in total. The predicted octanol–water partition coefficient (Wildman–Crippen LogP) is 1.73. The zero-order valence-corrected chi connectivity index (χ0v) is 8.69. The highest BCUT2D eigenvalue weighted by atomic mass is 16.4. The summed E-state index contributed by atoms with van der Waals surface area (Å²) in [6.07, 6.45) is -0.0940. The van der Waals surface area contributed by atoms with Gasteiger partial charge in [-0.15, -0.1) is 0 Å². The zero-order valence-electron chi connectivity index (χ0n) is 8.69. The van der Waals surface area contributed by atoms with Crippen LogP contribution in [-0.4, -0.2) is 11.1 Å². The summed E-state index contributed by atoms with van der Waals surface area (Å²) in [6.45, 7) is 1.70. The van der Waals surface area contributed by atoms with Crippen LogP contribution in [-0.2, 0) is 11.2 Å². The monoisotopic (exact) mass is 218 g/mol. The van der Waals surface area contributed by atoms with Crippen LogP contribution >= 0.6 is 0 Å². The number of rotatable bonds is 2. The Kier molecular flexibility index (Phi) is 2.48. The lowest BCUT2D eigenvalue weighted by Crippen LogP contribution is -2.03. The third-order valence-electron chi connectivity index (χ3n) is 2.27. The smallest absolute Gasteiger partial charge is 0.307 e. The van der Waals surface area contributed by atoms with Crippen molar-refractivity contribution < 1.29 is 14.3 Å². The Labute approximate surface area is 91.1 Å². The summed E-state index contributed by atoms with van der Waals surface area (Å²) in [7, 11) is 0. The van der Waals surface area contributed by atoms with Crippen molar-refractivity contribution in [1.82, 2.24) is 0 Å². The van der Waals surface area contributed by atoms with Crippen LogP contribution in [0.25, 0.3) is 11.0 Å². The number of carbonyl (C=O) groups is 1. The van der Waals surface area contributed by atoms with E-state index in [-0.39, 0.29) is 11.8 Å². The molecule has 0 unspecified atom stereocenters. The first-order chi connectivity index (χ1) is 7.56. The summed E-state index contributed by atoms with van der Waals surface area (Å²) in [4.78, 5) is 22.2. The lowest BCUT2D eigenvalue weighted by atomic mass is 10.1. The second-order valence-electron chi connectivity index (χ2n) is 3.62. The predicted molar refractivity (Wildman–Crippen MR) is 58.6 cm³/mol. The average molecular weight is 218 g/mol. The molecule has 4 heteroatoms. The van der Waals surface area contributed by atoms with E-state index < -0.39 is 5.97 Å². The minimum Gasteiger partial charge on any atom is -0.481 e. The minimum absolute atomic E-state index is 0.0940. The van der Waals surface area contributed by atoms with Gasteiger partial charge in [0.05, 0.1) is 11.8 Å². The maximum atomic E-state index is 11.6. The fourth-order valence-corrected chi connectivity index (χ4v) is 1.61. The molecule has 0 aliphatic heterocycles. The summed E-state index contributed by atoms with van der Waals surface area (Å²) < 4.78 is 5.36. The molecule has 0 aliphatic rings. The molecular formula is C12H10O4. The van der Waals surface area contributed by atoms with Crippen LogP contribution in [0, 0.1) is 6.92 Å². The number of aliphatic carboxylic acids is 1. The maximum Gasteiger partial charge on any atom is 0.307 e. The number of aryl methyl sites for hydroxylation is 1. The van der Waals surface area contributed by atoms with E-state index in [9.17, 15) is 9.59 Å². The van der Waals surface area contributed by atoms with Gasteiger partial charge < -0.3 is 9.52 Å². The number of benzene rings is 1. The van der Waals surface area contributed by atoms with Crippen LogP contribution in [0.1, 0.15) is 11.3 Å². The summed E-state index contributed by atoms with van der Waals surface area (Å²) in [5.74, 6) is -0.376. The summed E-state index contributed by atoms with van der Waals surface area (Å²) in [5.41, 5.74) is 0.932. The molecule has 1 N–H and O–H groups in total. The Hall–Kier alpha value is -2.10. The van der Waals surface area contributed by atoms with Gasteiger partial charge in [-0.05, 0) is 24.6 Å². The largest absolute Gasteiger partial charge is 0.481 e. The van der Waals surface area contributed by atoms with Gasteiger partial charge in [-0.3, -0.25) is 9.59 Å². The first-order valence-electron chi connectivity index (χ1n) is 4.81. The van der Waals surface area contributed by atoms with Crippen LogP contribution < -0.4 is 5.43 Å². The fraction of sp³-hybridized carbons (Fsp3) is 0.167. The molecule has 0 fully saturated rings. The van der Waals surface area contributed by atoms with Gasteiger partial charge in [-0.2, -0.15) is 0 Å². The number of hydrogen-bond acceptors (Lipinski definition) is 3. The molecule has 1 aromatic carbocycles.